The average Bonchev–Trinajstić information content (AvgIpc) is 3.31. The minimum Gasteiger partial charge on any atom is -0.492 e. The van der Waals surface area contributed by atoms with E-state index in [0.29, 0.717) is 19.2 Å². The largest absolute Gasteiger partial charge is 0.492 e. The number of aliphatic imine (C=N–C) groups is 1. The topological polar surface area (TPSA) is 67.4 Å². The summed E-state index contributed by atoms with van der Waals surface area (Å²) in [4.78, 5) is 7.26. The standard InChI is InChI=1S/C19H30N4O3.HI/c1-3-20-19(22-13-15-6-5-10-23(15)4-2)21-9-11-24-16-7-8-17-18(12-16)26-14-25-17;/h7-8,12,15H,3-6,9-11,13-14H2,1-2H3,(H2,20,21,22);1H. The van der Waals surface area contributed by atoms with E-state index in [9.17, 15) is 0 Å². The number of benzene rings is 1. The Morgan fingerprint density at radius 3 is 2.93 bits per heavy atom. The number of hydrogen-bond donors (Lipinski definition) is 2. The van der Waals surface area contributed by atoms with E-state index in [1.807, 2.05) is 18.2 Å². The van der Waals surface area contributed by atoms with E-state index in [1.54, 1.807) is 0 Å². The zero-order valence-electron chi connectivity index (χ0n) is 16.2. The molecule has 0 spiro atoms. The second-order valence-electron chi connectivity index (χ2n) is 6.43. The highest BCUT2D eigenvalue weighted by Gasteiger charge is 2.22. The Morgan fingerprint density at radius 2 is 2.11 bits per heavy atom. The third-order valence-electron chi connectivity index (χ3n) is 4.72. The lowest BCUT2D eigenvalue weighted by Gasteiger charge is -2.21. The first-order valence-corrected chi connectivity index (χ1v) is 9.58. The van der Waals surface area contributed by atoms with Gasteiger partial charge in [0.15, 0.2) is 17.5 Å². The molecule has 0 radical (unpaired) electrons. The number of guanidine groups is 1. The van der Waals surface area contributed by atoms with Crippen molar-refractivity contribution in [3.05, 3.63) is 18.2 Å². The van der Waals surface area contributed by atoms with Gasteiger partial charge in [-0.1, -0.05) is 6.92 Å². The summed E-state index contributed by atoms with van der Waals surface area (Å²) in [6.07, 6.45) is 2.52. The third kappa shape index (κ3) is 6.31. The molecule has 27 heavy (non-hydrogen) atoms. The number of likely N-dealkylation sites (tertiary alicyclic amines) is 1. The van der Waals surface area contributed by atoms with Crippen LogP contribution in [-0.4, -0.2) is 63.0 Å². The first-order chi connectivity index (χ1) is 12.8. The Hall–Kier alpha value is -1.42. The maximum absolute atomic E-state index is 5.78. The smallest absolute Gasteiger partial charge is 0.231 e. The summed E-state index contributed by atoms with van der Waals surface area (Å²) in [7, 11) is 0. The van der Waals surface area contributed by atoms with Gasteiger partial charge in [-0.2, -0.15) is 0 Å². The van der Waals surface area contributed by atoms with E-state index in [1.165, 1.54) is 19.4 Å². The molecular formula is C19H31IN4O3. The third-order valence-corrected chi connectivity index (χ3v) is 4.72. The summed E-state index contributed by atoms with van der Waals surface area (Å²) in [5.41, 5.74) is 0. The summed E-state index contributed by atoms with van der Waals surface area (Å²) < 4.78 is 16.5. The molecule has 2 aliphatic heterocycles. The van der Waals surface area contributed by atoms with Crippen molar-refractivity contribution in [1.82, 2.24) is 15.5 Å². The molecule has 1 saturated heterocycles. The van der Waals surface area contributed by atoms with E-state index in [4.69, 9.17) is 19.2 Å². The minimum atomic E-state index is 0. The van der Waals surface area contributed by atoms with Crippen molar-refractivity contribution in [2.45, 2.75) is 32.7 Å². The van der Waals surface area contributed by atoms with Gasteiger partial charge in [-0.15, -0.1) is 24.0 Å². The molecule has 3 rings (SSSR count). The number of hydrogen-bond acceptors (Lipinski definition) is 5. The zero-order valence-corrected chi connectivity index (χ0v) is 18.5. The van der Waals surface area contributed by atoms with Gasteiger partial charge in [-0.05, 0) is 45.0 Å². The van der Waals surface area contributed by atoms with Crippen LogP contribution in [0, 0.1) is 0 Å². The van der Waals surface area contributed by atoms with Crippen LogP contribution in [0.5, 0.6) is 17.2 Å². The maximum Gasteiger partial charge on any atom is 0.231 e. The molecule has 2 aliphatic rings. The van der Waals surface area contributed by atoms with Gasteiger partial charge in [0.1, 0.15) is 12.4 Å². The van der Waals surface area contributed by atoms with E-state index in [-0.39, 0.29) is 30.8 Å². The molecule has 0 amide bonds. The van der Waals surface area contributed by atoms with Crippen molar-refractivity contribution in [2.24, 2.45) is 4.99 Å². The lowest BCUT2D eigenvalue weighted by molar-refractivity contribution is 0.173. The van der Waals surface area contributed by atoms with Crippen LogP contribution in [0.25, 0.3) is 0 Å². The van der Waals surface area contributed by atoms with Crippen LogP contribution in [0.3, 0.4) is 0 Å². The molecule has 1 atom stereocenters. The Morgan fingerprint density at radius 1 is 1.26 bits per heavy atom. The van der Waals surface area contributed by atoms with Gasteiger partial charge in [0.05, 0.1) is 13.1 Å². The number of ether oxygens (including phenoxy) is 3. The highest BCUT2D eigenvalue weighted by atomic mass is 127. The fraction of sp³-hybridized carbons (Fsp3) is 0.632. The summed E-state index contributed by atoms with van der Waals surface area (Å²) in [5, 5.41) is 6.64. The van der Waals surface area contributed by atoms with E-state index in [2.05, 4.69) is 29.4 Å². The van der Waals surface area contributed by atoms with Gasteiger partial charge in [0.25, 0.3) is 0 Å². The van der Waals surface area contributed by atoms with Crippen molar-refractivity contribution in [3.8, 4) is 17.2 Å². The highest BCUT2D eigenvalue weighted by Crippen LogP contribution is 2.34. The minimum absolute atomic E-state index is 0. The zero-order chi connectivity index (χ0) is 18.2. The number of halogens is 1. The van der Waals surface area contributed by atoms with E-state index in [0.717, 1.165) is 42.8 Å². The lowest BCUT2D eigenvalue weighted by atomic mass is 10.2. The monoisotopic (exact) mass is 490 g/mol. The molecule has 0 aromatic heterocycles. The molecular weight excluding hydrogens is 459 g/mol. The van der Waals surface area contributed by atoms with Gasteiger partial charge in [-0.3, -0.25) is 9.89 Å². The first kappa shape index (κ1) is 21.9. The van der Waals surface area contributed by atoms with E-state index >= 15 is 0 Å². The van der Waals surface area contributed by atoms with Crippen molar-refractivity contribution < 1.29 is 14.2 Å². The number of fused-ring (bicyclic) bond motifs is 1. The van der Waals surface area contributed by atoms with E-state index < -0.39 is 0 Å². The van der Waals surface area contributed by atoms with Crippen LogP contribution in [-0.2, 0) is 0 Å². The van der Waals surface area contributed by atoms with Crippen molar-refractivity contribution in [1.29, 1.82) is 0 Å². The lowest BCUT2D eigenvalue weighted by Crippen LogP contribution is -2.40. The molecule has 0 saturated carbocycles. The predicted octanol–water partition coefficient (Wildman–Crippen LogP) is 2.45. The van der Waals surface area contributed by atoms with Gasteiger partial charge in [0.2, 0.25) is 6.79 Å². The van der Waals surface area contributed by atoms with Crippen LogP contribution >= 0.6 is 24.0 Å². The van der Waals surface area contributed by atoms with Crippen LogP contribution in [0.15, 0.2) is 23.2 Å². The Labute approximate surface area is 178 Å². The molecule has 1 unspecified atom stereocenters. The molecule has 2 N–H and O–H groups in total. The normalized spacial score (nSPS) is 18.9. The van der Waals surface area contributed by atoms with Crippen molar-refractivity contribution in [2.75, 3.05) is 46.1 Å². The predicted molar refractivity (Wildman–Crippen MR) is 118 cm³/mol. The summed E-state index contributed by atoms with van der Waals surface area (Å²) >= 11 is 0. The summed E-state index contributed by atoms with van der Waals surface area (Å²) in [6, 6.07) is 6.20. The van der Waals surface area contributed by atoms with Gasteiger partial charge in [0, 0.05) is 18.7 Å². The van der Waals surface area contributed by atoms with Gasteiger partial charge < -0.3 is 24.8 Å². The number of nitrogens with one attached hydrogen (secondary N) is 2. The van der Waals surface area contributed by atoms with Crippen LogP contribution in [0.4, 0.5) is 0 Å². The maximum atomic E-state index is 5.78. The Kier molecular flexibility index (Phi) is 9.26. The fourth-order valence-corrected chi connectivity index (χ4v) is 3.36. The Balaban J connectivity index is 0.00000261. The highest BCUT2D eigenvalue weighted by molar-refractivity contribution is 14.0. The molecule has 0 bridgehead atoms. The Bertz CT molecular complexity index is 615. The molecule has 152 valence electrons. The molecule has 1 aromatic carbocycles. The number of likely N-dealkylation sites (N-methyl/N-ethyl adjacent to an activating group) is 1. The summed E-state index contributed by atoms with van der Waals surface area (Å²) in [5.74, 6) is 3.14. The molecule has 2 heterocycles. The van der Waals surface area contributed by atoms with Crippen LogP contribution in [0.2, 0.25) is 0 Å². The molecule has 0 aliphatic carbocycles. The van der Waals surface area contributed by atoms with Crippen molar-refractivity contribution >= 4 is 29.9 Å². The molecule has 1 fully saturated rings. The molecule has 1 aromatic rings. The second kappa shape index (κ2) is 11.4. The SMILES string of the molecule is CCNC(=NCC1CCCN1CC)NCCOc1ccc2c(c1)OCO2.I. The fourth-order valence-electron chi connectivity index (χ4n) is 3.36. The van der Waals surface area contributed by atoms with Crippen molar-refractivity contribution in [3.63, 3.8) is 0 Å². The first-order valence-electron chi connectivity index (χ1n) is 9.58. The number of nitrogens with zero attached hydrogens (tertiary/aromatic N) is 2. The second-order valence-corrected chi connectivity index (χ2v) is 6.43. The van der Waals surface area contributed by atoms with Crippen LogP contribution in [0.1, 0.15) is 26.7 Å². The van der Waals surface area contributed by atoms with Gasteiger partial charge in [-0.25, -0.2) is 0 Å². The quantitative estimate of drug-likeness (QED) is 0.253. The molecule has 7 nitrogen and oxygen atoms in total. The van der Waals surface area contributed by atoms with Crippen LogP contribution < -0.4 is 24.8 Å². The van der Waals surface area contributed by atoms with Gasteiger partial charge >= 0.3 is 0 Å². The summed E-state index contributed by atoms with van der Waals surface area (Å²) in [6.45, 7) is 9.80. The number of rotatable bonds is 8. The molecule has 8 heteroatoms. The average molecular weight is 490 g/mol.